The molecule has 0 atom stereocenters. The van der Waals surface area contributed by atoms with E-state index in [0.717, 1.165) is 0 Å². The van der Waals surface area contributed by atoms with Gasteiger partial charge in [-0.2, -0.15) is 0 Å². The Morgan fingerprint density at radius 1 is 1.27 bits per heavy atom. The van der Waals surface area contributed by atoms with Crippen molar-refractivity contribution in [1.29, 1.82) is 0 Å². The summed E-state index contributed by atoms with van der Waals surface area (Å²) in [4.78, 5) is 35.5. The molecule has 1 aromatic heterocycles. The van der Waals surface area contributed by atoms with E-state index in [0.29, 0.717) is 51.0 Å². The fourth-order valence-electron chi connectivity index (χ4n) is 2.21. The molecule has 1 aromatic rings. The van der Waals surface area contributed by atoms with Crippen LogP contribution in [0.5, 0.6) is 0 Å². The lowest BCUT2D eigenvalue weighted by molar-refractivity contribution is -0.130. The van der Waals surface area contributed by atoms with E-state index in [2.05, 4.69) is 15.3 Å². The van der Waals surface area contributed by atoms with Crippen LogP contribution in [-0.2, 0) is 9.53 Å². The van der Waals surface area contributed by atoms with Crippen LogP contribution in [-0.4, -0.2) is 78.0 Å². The molecule has 0 aromatic carbocycles. The minimum absolute atomic E-state index is 0.0405. The van der Waals surface area contributed by atoms with Crippen LogP contribution in [0, 0.1) is 0 Å². The number of rotatable bonds is 5. The molecule has 2 rings (SSSR count). The van der Waals surface area contributed by atoms with E-state index in [1.807, 2.05) is 0 Å². The maximum Gasteiger partial charge on any atom is 0.272 e. The monoisotopic (exact) mass is 307 g/mol. The van der Waals surface area contributed by atoms with E-state index in [-0.39, 0.29) is 11.8 Å². The largest absolute Gasteiger partial charge is 0.383 e. The van der Waals surface area contributed by atoms with E-state index in [9.17, 15) is 9.59 Å². The van der Waals surface area contributed by atoms with Gasteiger partial charge < -0.3 is 19.9 Å². The van der Waals surface area contributed by atoms with Gasteiger partial charge in [0.1, 0.15) is 5.69 Å². The second-order valence-corrected chi connectivity index (χ2v) is 4.98. The number of anilines is 1. The third-order valence-electron chi connectivity index (χ3n) is 3.48. The predicted molar refractivity (Wildman–Crippen MR) is 80.6 cm³/mol. The van der Waals surface area contributed by atoms with Crippen molar-refractivity contribution < 1.29 is 14.3 Å². The number of methoxy groups -OCH3 is 1. The summed E-state index contributed by atoms with van der Waals surface area (Å²) in [6, 6.07) is 1.60. The second kappa shape index (κ2) is 7.69. The molecule has 1 aliphatic heterocycles. The Labute approximate surface area is 129 Å². The molecular weight excluding hydrogens is 286 g/mol. The van der Waals surface area contributed by atoms with Crippen molar-refractivity contribution in [2.75, 3.05) is 51.8 Å². The number of carbonyl (C=O) groups excluding carboxylic acids is 2. The molecule has 2 amide bonds. The fraction of sp³-hybridized carbons (Fsp3) is 0.571. The van der Waals surface area contributed by atoms with Crippen LogP contribution in [0.15, 0.2) is 12.3 Å². The van der Waals surface area contributed by atoms with Gasteiger partial charge in [-0.1, -0.05) is 0 Å². The molecule has 0 radical (unpaired) electrons. The van der Waals surface area contributed by atoms with Crippen molar-refractivity contribution in [2.24, 2.45) is 0 Å². The third kappa shape index (κ3) is 4.14. The van der Waals surface area contributed by atoms with Crippen LogP contribution in [0.2, 0.25) is 0 Å². The van der Waals surface area contributed by atoms with Gasteiger partial charge in [0.2, 0.25) is 11.9 Å². The second-order valence-electron chi connectivity index (χ2n) is 4.98. The Kier molecular flexibility index (Phi) is 5.65. The number of nitrogens with zero attached hydrogens (tertiary/aromatic N) is 4. The zero-order chi connectivity index (χ0) is 15.9. The summed E-state index contributed by atoms with van der Waals surface area (Å²) in [5.74, 6) is 0.310. The van der Waals surface area contributed by atoms with Crippen molar-refractivity contribution in [2.45, 2.75) is 6.92 Å². The van der Waals surface area contributed by atoms with Gasteiger partial charge in [-0.3, -0.25) is 9.59 Å². The predicted octanol–water partition coefficient (Wildman–Crippen LogP) is -0.161. The normalized spacial score (nSPS) is 14.8. The van der Waals surface area contributed by atoms with Crippen molar-refractivity contribution in [3.8, 4) is 0 Å². The zero-order valence-corrected chi connectivity index (χ0v) is 12.9. The molecule has 2 heterocycles. The number of aromatic nitrogens is 2. The number of hydrogen-bond donors (Lipinski definition) is 1. The molecule has 0 unspecified atom stereocenters. The molecule has 22 heavy (non-hydrogen) atoms. The van der Waals surface area contributed by atoms with Gasteiger partial charge in [-0.05, 0) is 6.07 Å². The van der Waals surface area contributed by atoms with Crippen LogP contribution >= 0.6 is 0 Å². The maximum absolute atomic E-state index is 12.4. The van der Waals surface area contributed by atoms with E-state index in [4.69, 9.17) is 4.74 Å². The lowest BCUT2D eigenvalue weighted by atomic mass is 10.2. The van der Waals surface area contributed by atoms with Crippen molar-refractivity contribution in [3.63, 3.8) is 0 Å². The molecule has 1 aliphatic rings. The molecule has 8 heteroatoms. The van der Waals surface area contributed by atoms with Gasteiger partial charge in [0, 0.05) is 53.0 Å². The highest BCUT2D eigenvalue weighted by molar-refractivity contribution is 5.92. The highest BCUT2D eigenvalue weighted by Crippen LogP contribution is 2.08. The number of ether oxygens (including phenoxy) is 1. The molecule has 0 spiro atoms. The molecule has 0 bridgehead atoms. The molecular formula is C14H21N5O3. The van der Waals surface area contributed by atoms with Crippen LogP contribution in [0.25, 0.3) is 0 Å². The van der Waals surface area contributed by atoms with Gasteiger partial charge in [0.05, 0.1) is 6.61 Å². The van der Waals surface area contributed by atoms with Crippen LogP contribution in [0.1, 0.15) is 17.4 Å². The van der Waals surface area contributed by atoms with E-state index >= 15 is 0 Å². The first-order chi connectivity index (χ1) is 10.6. The van der Waals surface area contributed by atoms with Crippen molar-refractivity contribution >= 4 is 17.8 Å². The van der Waals surface area contributed by atoms with Crippen molar-refractivity contribution in [3.05, 3.63) is 18.0 Å². The average molecular weight is 307 g/mol. The first-order valence-corrected chi connectivity index (χ1v) is 7.22. The molecule has 120 valence electrons. The molecule has 1 fully saturated rings. The highest BCUT2D eigenvalue weighted by atomic mass is 16.5. The number of piperazine rings is 1. The third-order valence-corrected chi connectivity index (χ3v) is 3.48. The number of nitrogens with one attached hydrogen (secondary N) is 1. The Bertz CT molecular complexity index is 529. The Morgan fingerprint density at radius 3 is 2.59 bits per heavy atom. The van der Waals surface area contributed by atoms with E-state index in [1.54, 1.807) is 36.1 Å². The summed E-state index contributed by atoms with van der Waals surface area (Å²) in [6.45, 7) is 4.82. The molecule has 8 nitrogen and oxygen atoms in total. The Hall–Kier alpha value is -2.22. The van der Waals surface area contributed by atoms with Crippen LogP contribution in [0.4, 0.5) is 5.95 Å². The van der Waals surface area contributed by atoms with Gasteiger partial charge in [-0.25, -0.2) is 9.97 Å². The molecule has 1 saturated heterocycles. The zero-order valence-electron chi connectivity index (χ0n) is 12.9. The Balaban J connectivity index is 1.95. The molecule has 0 saturated carbocycles. The van der Waals surface area contributed by atoms with E-state index < -0.39 is 0 Å². The van der Waals surface area contributed by atoms with Gasteiger partial charge in [0.15, 0.2) is 0 Å². The smallest absolute Gasteiger partial charge is 0.272 e. The van der Waals surface area contributed by atoms with Gasteiger partial charge in [0.25, 0.3) is 5.91 Å². The quantitative estimate of drug-likeness (QED) is 0.761. The summed E-state index contributed by atoms with van der Waals surface area (Å²) in [5.41, 5.74) is 0.353. The average Bonchev–Trinajstić information content (AvgIpc) is 2.55. The summed E-state index contributed by atoms with van der Waals surface area (Å²) in [7, 11) is 1.61. The summed E-state index contributed by atoms with van der Waals surface area (Å²) in [6.07, 6.45) is 1.56. The van der Waals surface area contributed by atoms with Crippen molar-refractivity contribution in [1.82, 2.24) is 19.8 Å². The van der Waals surface area contributed by atoms with Gasteiger partial charge in [-0.15, -0.1) is 0 Å². The van der Waals surface area contributed by atoms with Gasteiger partial charge >= 0.3 is 0 Å². The minimum atomic E-state index is -0.139. The topological polar surface area (TPSA) is 87.7 Å². The first-order valence-electron chi connectivity index (χ1n) is 7.22. The first kappa shape index (κ1) is 16.2. The maximum atomic E-state index is 12.4. The van der Waals surface area contributed by atoms with Crippen LogP contribution in [0.3, 0.4) is 0 Å². The standard InChI is InChI=1S/C14H21N5O3/c1-11(20)18-6-8-19(9-7-18)13(21)12-3-4-15-14(17-12)16-5-10-22-2/h3-4H,5-10H2,1-2H3,(H,15,16,17). The molecule has 0 aliphatic carbocycles. The van der Waals surface area contributed by atoms with E-state index in [1.165, 1.54) is 0 Å². The molecule has 1 N–H and O–H groups in total. The number of carbonyl (C=O) groups is 2. The minimum Gasteiger partial charge on any atom is -0.383 e. The number of amides is 2. The number of hydrogen-bond acceptors (Lipinski definition) is 6. The summed E-state index contributed by atoms with van der Waals surface area (Å²) < 4.78 is 4.94. The lowest BCUT2D eigenvalue weighted by Crippen LogP contribution is -2.50. The SMILES string of the molecule is COCCNc1nccc(C(=O)N2CCN(C(C)=O)CC2)n1. The summed E-state index contributed by atoms with van der Waals surface area (Å²) in [5, 5.41) is 2.99. The summed E-state index contributed by atoms with van der Waals surface area (Å²) >= 11 is 0. The Morgan fingerprint density at radius 2 is 1.95 bits per heavy atom. The highest BCUT2D eigenvalue weighted by Gasteiger charge is 2.24. The fourth-order valence-corrected chi connectivity index (χ4v) is 2.21. The van der Waals surface area contributed by atoms with Crippen LogP contribution < -0.4 is 5.32 Å². The lowest BCUT2D eigenvalue weighted by Gasteiger charge is -2.34.